The minimum atomic E-state index is 0.243. The van der Waals surface area contributed by atoms with Crippen LogP contribution in [0.4, 0.5) is 17.5 Å². The number of nitrogens with one attached hydrogen (secondary N) is 3. The van der Waals surface area contributed by atoms with E-state index in [1.165, 1.54) is 0 Å². The Balaban J connectivity index is 1.26. The number of morpholine rings is 1. The fourth-order valence-electron chi connectivity index (χ4n) is 4.95. The number of aromatic nitrogens is 5. The van der Waals surface area contributed by atoms with E-state index in [9.17, 15) is 9.90 Å². The Kier molecular flexibility index (Phi) is 7.55. The van der Waals surface area contributed by atoms with Crippen molar-refractivity contribution in [2.75, 3.05) is 50.1 Å². The lowest BCUT2D eigenvalue weighted by Crippen LogP contribution is -2.37. The molecule has 2 fully saturated rings. The summed E-state index contributed by atoms with van der Waals surface area (Å²) >= 11 is 0. The molecule has 3 aromatic heterocycles. The molecular formula is C24H34N8O3. The summed E-state index contributed by atoms with van der Waals surface area (Å²) < 4.78 is 7.34. The van der Waals surface area contributed by atoms with Crippen LogP contribution in [0, 0.1) is 5.92 Å². The number of nitrogens with zero attached hydrogens (tertiary/aromatic N) is 5. The van der Waals surface area contributed by atoms with Gasteiger partial charge in [-0.25, -0.2) is 0 Å². The van der Waals surface area contributed by atoms with Gasteiger partial charge in [-0.15, -0.1) is 0 Å². The van der Waals surface area contributed by atoms with Crippen LogP contribution >= 0.6 is 0 Å². The molecule has 0 amide bonds. The molecule has 11 nitrogen and oxygen atoms in total. The average molecular weight is 483 g/mol. The lowest BCUT2D eigenvalue weighted by atomic mass is 9.86. The first kappa shape index (κ1) is 23.7. The van der Waals surface area contributed by atoms with Crippen LogP contribution < -0.4 is 10.6 Å². The summed E-state index contributed by atoms with van der Waals surface area (Å²) in [7, 11) is 0. The van der Waals surface area contributed by atoms with Gasteiger partial charge in [0.05, 0.1) is 30.5 Å². The zero-order valence-corrected chi connectivity index (χ0v) is 19.9. The highest BCUT2D eigenvalue weighted by atomic mass is 16.5. The second-order valence-corrected chi connectivity index (χ2v) is 9.45. The molecule has 11 heteroatoms. The second kappa shape index (κ2) is 11.1. The predicted molar refractivity (Wildman–Crippen MR) is 133 cm³/mol. The number of ether oxygens (including phenoxy) is 1. The normalized spacial score (nSPS) is 21.3. The fourth-order valence-corrected chi connectivity index (χ4v) is 4.95. The highest BCUT2D eigenvalue weighted by Gasteiger charge is 2.23. The van der Waals surface area contributed by atoms with Gasteiger partial charge in [-0.05, 0) is 38.0 Å². The van der Waals surface area contributed by atoms with Gasteiger partial charge in [-0.1, -0.05) is 0 Å². The van der Waals surface area contributed by atoms with Gasteiger partial charge >= 0.3 is 0 Å². The highest BCUT2D eigenvalue weighted by Crippen LogP contribution is 2.30. The minimum absolute atomic E-state index is 0.243. The van der Waals surface area contributed by atoms with Gasteiger partial charge in [-0.3, -0.25) is 14.4 Å². The van der Waals surface area contributed by atoms with Crippen LogP contribution in [0.3, 0.4) is 0 Å². The number of carbonyl (C=O) groups excluding carboxylic acids is 1. The van der Waals surface area contributed by atoms with Crippen LogP contribution in [-0.2, 0) is 11.3 Å². The van der Waals surface area contributed by atoms with E-state index in [-0.39, 0.29) is 12.6 Å². The van der Waals surface area contributed by atoms with Crippen LogP contribution in [0.1, 0.15) is 42.5 Å². The molecule has 0 unspecified atom stereocenters. The van der Waals surface area contributed by atoms with Crippen LogP contribution in [0.25, 0.3) is 11.0 Å². The van der Waals surface area contributed by atoms with Crippen molar-refractivity contribution in [3.63, 3.8) is 0 Å². The summed E-state index contributed by atoms with van der Waals surface area (Å²) in [5.74, 6) is 1.46. The zero-order chi connectivity index (χ0) is 24.0. The standard InChI is InChI=1S/C24H34N8O3/c33-15-17-2-4-19(5-3-17)27-23-21-18(16-34)12-25-22(21)29-24(30-23)28-20-13-26-32(14-20)7-1-6-31-8-10-35-11-9-31/h12-14,16-17,19,33H,1-11,15H2,(H3,25,27,28,29,30). The Morgan fingerprint density at radius 3 is 2.77 bits per heavy atom. The van der Waals surface area contributed by atoms with Crippen molar-refractivity contribution in [3.05, 3.63) is 24.2 Å². The topological polar surface area (TPSA) is 133 Å². The van der Waals surface area contributed by atoms with E-state index in [4.69, 9.17) is 9.72 Å². The number of hydrogen-bond acceptors (Lipinski definition) is 9. The number of aromatic amines is 1. The number of anilines is 3. The Morgan fingerprint density at radius 2 is 2.00 bits per heavy atom. The first-order chi connectivity index (χ1) is 17.2. The fraction of sp³-hybridized carbons (Fsp3) is 0.583. The quantitative estimate of drug-likeness (QED) is 0.321. The molecule has 4 N–H and O–H groups in total. The number of aliphatic hydroxyl groups excluding tert-OH is 1. The van der Waals surface area contributed by atoms with Crippen molar-refractivity contribution in [1.82, 2.24) is 29.6 Å². The third-order valence-electron chi connectivity index (χ3n) is 6.99. The van der Waals surface area contributed by atoms with E-state index in [0.717, 1.165) is 83.5 Å². The third kappa shape index (κ3) is 5.80. The zero-order valence-electron chi connectivity index (χ0n) is 19.9. The molecule has 0 bridgehead atoms. The van der Waals surface area contributed by atoms with Crippen LogP contribution in [0.2, 0.25) is 0 Å². The second-order valence-electron chi connectivity index (χ2n) is 9.45. The smallest absolute Gasteiger partial charge is 0.231 e. The lowest BCUT2D eigenvalue weighted by Gasteiger charge is -2.28. The monoisotopic (exact) mass is 482 g/mol. The van der Waals surface area contributed by atoms with E-state index >= 15 is 0 Å². The van der Waals surface area contributed by atoms with Crippen molar-refractivity contribution >= 4 is 34.8 Å². The van der Waals surface area contributed by atoms with Gasteiger partial charge in [-0.2, -0.15) is 15.1 Å². The van der Waals surface area contributed by atoms with Gasteiger partial charge < -0.3 is 25.5 Å². The summed E-state index contributed by atoms with van der Waals surface area (Å²) in [4.78, 5) is 26.4. The molecule has 1 aliphatic carbocycles. The van der Waals surface area contributed by atoms with Crippen molar-refractivity contribution in [2.45, 2.75) is 44.7 Å². The first-order valence-corrected chi connectivity index (χ1v) is 12.5. The lowest BCUT2D eigenvalue weighted by molar-refractivity contribution is 0.0368. The molecule has 1 saturated carbocycles. The number of hydrogen-bond donors (Lipinski definition) is 4. The van der Waals surface area contributed by atoms with E-state index < -0.39 is 0 Å². The third-order valence-corrected chi connectivity index (χ3v) is 6.99. The summed E-state index contributed by atoms with van der Waals surface area (Å²) in [6.07, 6.45) is 11.1. The maximum Gasteiger partial charge on any atom is 0.231 e. The number of carbonyl (C=O) groups is 1. The van der Waals surface area contributed by atoms with E-state index in [1.54, 1.807) is 12.4 Å². The maximum atomic E-state index is 11.6. The molecule has 35 heavy (non-hydrogen) atoms. The molecule has 0 aromatic carbocycles. The number of H-pyrrole nitrogens is 1. The number of aliphatic hydroxyl groups is 1. The Hall–Kier alpha value is -3.02. The molecule has 1 saturated heterocycles. The summed E-state index contributed by atoms with van der Waals surface area (Å²) in [5.41, 5.74) is 1.95. The molecule has 5 rings (SSSR count). The molecule has 0 radical (unpaired) electrons. The van der Waals surface area contributed by atoms with Crippen LogP contribution in [0.15, 0.2) is 18.6 Å². The van der Waals surface area contributed by atoms with Crippen LogP contribution in [0.5, 0.6) is 0 Å². The number of rotatable bonds is 10. The molecule has 0 spiro atoms. The maximum absolute atomic E-state index is 11.6. The molecule has 2 aliphatic rings. The van der Waals surface area contributed by atoms with Gasteiger partial charge in [0.1, 0.15) is 11.5 Å². The van der Waals surface area contributed by atoms with Crippen molar-refractivity contribution in [3.8, 4) is 0 Å². The average Bonchev–Trinajstić information content (AvgIpc) is 3.52. The van der Waals surface area contributed by atoms with Crippen molar-refractivity contribution < 1.29 is 14.6 Å². The summed E-state index contributed by atoms with van der Waals surface area (Å²) in [6.45, 7) is 5.73. The molecule has 4 heterocycles. The minimum Gasteiger partial charge on any atom is -0.396 e. The Bertz CT molecular complexity index is 1120. The summed E-state index contributed by atoms with van der Waals surface area (Å²) in [6, 6.07) is 0.243. The van der Waals surface area contributed by atoms with E-state index in [1.807, 2.05) is 10.9 Å². The predicted octanol–water partition coefficient (Wildman–Crippen LogP) is 2.40. The summed E-state index contributed by atoms with van der Waals surface area (Å²) in [5, 5.41) is 21.4. The van der Waals surface area contributed by atoms with Gasteiger partial charge in [0.2, 0.25) is 5.95 Å². The van der Waals surface area contributed by atoms with Crippen molar-refractivity contribution in [2.24, 2.45) is 5.92 Å². The SMILES string of the molecule is O=Cc1c[nH]c2nc(Nc3cnn(CCCN4CCOCC4)c3)nc(NC3CCC(CO)CC3)c12. The van der Waals surface area contributed by atoms with Gasteiger partial charge in [0.25, 0.3) is 0 Å². The first-order valence-electron chi connectivity index (χ1n) is 12.5. The Labute approximate surface area is 204 Å². The number of aryl methyl sites for hydroxylation is 1. The number of fused-ring (bicyclic) bond motifs is 1. The molecule has 1 aliphatic heterocycles. The van der Waals surface area contributed by atoms with E-state index in [2.05, 4.69) is 30.6 Å². The molecule has 3 aromatic rings. The van der Waals surface area contributed by atoms with Gasteiger partial charge in [0, 0.05) is 56.8 Å². The van der Waals surface area contributed by atoms with Crippen molar-refractivity contribution in [1.29, 1.82) is 0 Å². The van der Waals surface area contributed by atoms with Crippen LogP contribution in [-0.4, -0.2) is 86.5 Å². The molecule has 0 atom stereocenters. The highest BCUT2D eigenvalue weighted by molar-refractivity contribution is 6.02. The number of aldehydes is 1. The molecule has 188 valence electrons. The Morgan fingerprint density at radius 1 is 1.17 bits per heavy atom. The largest absolute Gasteiger partial charge is 0.396 e. The van der Waals surface area contributed by atoms with Gasteiger partial charge in [0.15, 0.2) is 6.29 Å². The molecular weight excluding hydrogens is 448 g/mol. The van der Waals surface area contributed by atoms with E-state index in [0.29, 0.717) is 34.3 Å².